The van der Waals surface area contributed by atoms with E-state index in [0.717, 1.165) is 22.9 Å². The van der Waals surface area contributed by atoms with Gasteiger partial charge in [-0.1, -0.05) is 28.8 Å². The van der Waals surface area contributed by atoms with Crippen LogP contribution in [-0.2, 0) is 17.3 Å². The normalized spacial score (nSPS) is 8.45. The number of rotatable bonds is 0. The average Bonchev–Trinajstić information content (AvgIpc) is 2.02. The van der Waals surface area contributed by atoms with Crippen LogP contribution in [0.5, 0.6) is 0 Å². The molecule has 0 aromatic heterocycles. The van der Waals surface area contributed by atoms with E-state index >= 15 is 0 Å². The van der Waals surface area contributed by atoms with Crippen molar-refractivity contribution in [3.63, 3.8) is 0 Å². The van der Waals surface area contributed by atoms with Crippen LogP contribution in [0, 0.1) is 6.92 Å². The summed E-state index contributed by atoms with van der Waals surface area (Å²) in [7, 11) is 4.76. The van der Waals surface area contributed by atoms with E-state index in [1.54, 1.807) is 18.2 Å². The van der Waals surface area contributed by atoms with Crippen LogP contribution in [0.25, 0.3) is 0 Å². The minimum atomic E-state index is 0.652. The third-order valence-corrected chi connectivity index (χ3v) is 1.61. The molecule has 0 fully saturated rings. The van der Waals surface area contributed by atoms with Gasteiger partial charge in [-0.05, 0) is 5.02 Å². The van der Waals surface area contributed by atoms with E-state index < -0.39 is 0 Å². The minimum absolute atomic E-state index is 0.652. The number of hydrogen-bond donors (Lipinski definition) is 0. The van der Waals surface area contributed by atoms with E-state index in [2.05, 4.69) is 6.92 Å². The van der Waals surface area contributed by atoms with Crippen LogP contribution in [0.15, 0.2) is 18.2 Å². The standard InChI is InChI=1S/C7H5Cl2.ClH.Zn/c1-5-4-6(8)2-3-7(5)9;;/h2-4H,1H2;1H;/q-1;;+2/p-1. The predicted molar refractivity (Wildman–Crippen MR) is 46.8 cm³/mol. The van der Waals surface area contributed by atoms with Crippen LogP contribution < -0.4 is 0 Å². The van der Waals surface area contributed by atoms with Crippen molar-refractivity contribution in [3.05, 3.63) is 40.7 Å². The van der Waals surface area contributed by atoms with Gasteiger partial charge in [-0.2, -0.15) is 24.1 Å². The van der Waals surface area contributed by atoms with Crippen molar-refractivity contribution in [2.24, 2.45) is 0 Å². The van der Waals surface area contributed by atoms with Gasteiger partial charge in [0.1, 0.15) is 0 Å². The summed E-state index contributed by atoms with van der Waals surface area (Å²) < 4.78 is 0. The molecule has 1 rings (SSSR count). The fourth-order valence-corrected chi connectivity index (χ4v) is 0.856. The van der Waals surface area contributed by atoms with Crippen molar-refractivity contribution in [2.75, 3.05) is 0 Å². The molecule has 0 spiro atoms. The molecule has 1 aromatic carbocycles. The topological polar surface area (TPSA) is 0 Å². The van der Waals surface area contributed by atoms with Crippen LogP contribution in [0.1, 0.15) is 5.56 Å². The first-order valence-electron chi connectivity index (χ1n) is 2.74. The maximum absolute atomic E-state index is 5.66. The molecule has 4 heteroatoms. The van der Waals surface area contributed by atoms with Crippen LogP contribution >= 0.6 is 32.9 Å². The molecule has 0 amide bonds. The van der Waals surface area contributed by atoms with Gasteiger partial charge in [-0.3, -0.25) is 0 Å². The molecular weight excluding hydrogens is 256 g/mol. The molecule has 11 heavy (non-hydrogen) atoms. The summed E-state index contributed by atoms with van der Waals surface area (Å²) in [5.74, 6) is 0. The summed E-state index contributed by atoms with van der Waals surface area (Å²) in [6.45, 7) is 3.66. The first-order chi connectivity index (χ1) is 5.20. The molecule has 1 aromatic rings. The summed E-state index contributed by atoms with van der Waals surface area (Å²) in [6, 6.07) is 5.19. The van der Waals surface area contributed by atoms with E-state index in [9.17, 15) is 0 Å². The molecule has 0 saturated carbocycles. The molecule has 0 saturated heterocycles. The monoisotopic (exact) mass is 258 g/mol. The molecule has 0 bridgehead atoms. The molecule has 0 heterocycles. The van der Waals surface area contributed by atoms with Crippen molar-refractivity contribution in [2.45, 2.75) is 0 Å². The van der Waals surface area contributed by atoms with Crippen molar-refractivity contribution < 1.29 is 17.3 Å². The van der Waals surface area contributed by atoms with Gasteiger partial charge < -0.3 is 0 Å². The Morgan fingerprint density at radius 3 is 2.09 bits per heavy atom. The molecule has 0 aliphatic carbocycles. The van der Waals surface area contributed by atoms with Gasteiger partial charge in [-0.15, -0.1) is 6.07 Å². The van der Waals surface area contributed by atoms with E-state index in [-0.39, 0.29) is 0 Å². The van der Waals surface area contributed by atoms with E-state index in [0.29, 0.717) is 10.0 Å². The molecule has 0 aliphatic heterocycles. The number of benzene rings is 1. The van der Waals surface area contributed by atoms with Crippen LogP contribution in [0.3, 0.4) is 0 Å². The van der Waals surface area contributed by atoms with E-state index in [4.69, 9.17) is 32.9 Å². The second-order valence-electron chi connectivity index (χ2n) is 1.74. The van der Waals surface area contributed by atoms with E-state index in [1.165, 1.54) is 0 Å². The molecule has 0 unspecified atom stereocenters. The predicted octanol–water partition coefficient (Wildman–Crippen LogP) is 3.86. The summed E-state index contributed by atoms with van der Waals surface area (Å²) in [5.41, 5.74) is 0.768. The van der Waals surface area contributed by atoms with Gasteiger partial charge in [0, 0.05) is 0 Å². The molecule has 0 nitrogen and oxygen atoms in total. The molecular formula is C7H5Cl3Zn. The third-order valence-electron chi connectivity index (χ3n) is 1.01. The molecule has 0 radical (unpaired) electrons. The molecule has 0 aliphatic rings. The Balaban J connectivity index is 0.000000461. The summed E-state index contributed by atoms with van der Waals surface area (Å²) in [4.78, 5) is 0. The van der Waals surface area contributed by atoms with Crippen LogP contribution in [0.4, 0.5) is 0 Å². The van der Waals surface area contributed by atoms with Gasteiger partial charge in [0.2, 0.25) is 0 Å². The Morgan fingerprint density at radius 2 is 1.73 bits per heavy atom. The van der Waals surface area contributed by atoms with Gasteiger partial charge in [0.15, 0.2) is 0 Å². The van der Waals surface area contributed by atoms with Crippen LogP contribution in [0.2, 0.25) is 10.0 Å². The second kappa shape index (κ2) is 6.14. The quantitative estimate of drug-likeness (QED) is 0.491. The van der Waals surface area contributed by atoms with Gasteiger partial charge in [-0.25, -0.2) is 0 Å². The summed E-state index contributed by atoms with van der Waals surface area (Å²) in [6.07, 6.45) is 0. The zero-order valence-electron chi connectivity index (χ0n) is 5.78. The summed E-state index contributed by atoms with van der Waals surface area (Å²) >= 11 is 12.1. The SMILES string of the molecule is [CH2-]c1cc(Cl)ccc1Cl.[Cl][Zn+]. The zero-order valence-corrected chi connectivity index (χ0v) is 11.0. The third kappa shape index (κ3) is 4.23. The van der Waals surface area contributed by atoms with Crippen LogP contribution in [-0.4, -0.2) is 0 Å². The first kappa shape index (κ1) is 11.6. The Bertz CT molecular complexity index is 225. The van der Waals surface area contributed by atoms with Gasteiger partial charge >= 0.3 is 27.0 Å². The van der Waals surface area contributed by atoms with Crippen molar-refractivity contribution >= 4 is 32.9 Å². The fourth-order valence-electron chi connectivity index (χ4n) is 0.543. The second-order valence-corrected chi connectivity index (χ2v) is 2.58. The van der Waals surface area contributed by atoms with Crippen molar-refractivity contribution in [1.82, 2.24) is 0 Å². The van der Waals surface area contributed by atoms with Gasteiger partial charge in [0.05, 0.1) is 0 Å². The number of halogens is 3. The Kier molecular flexibility index (Phi) is 6.46. The Morgan fingerprint density at radius 1 is 1.18 bits per heavy atom. The van der Waals surface area contributed by atoms with Crippen molar-refractivity contribution in [1.29, 1.82) is 0 Å². The summed E-state index contributed by atoms with van der Waals surface area (Å²) in [5, 5.41) is 1.32. The maximum atomic E-state index is 5.66. The Labute approximate surface area is 90.6 Å². The van der Waals surface area contributed by atoms with Crippen molar-refractivity contribution in [3.8, 4) is 0 Å². The Hall–Kier alpha value is 0.583. The number of hydrogen-bond acceptors (Lipinski definition) is 0. The zero-order chi connectivity index (χ0) is 8.85. The average molecular weight is 261 g/mol. The molecule has 0 atom stereocenters. The fraction of sp³-hybridized carbons (Fsp3) is 0. The van der Waals surface area contributed by atoms with Gasteiger partial charge in [0.25, 0.3) is 0 Å². The van der Waals surface area contributed by atoms with E-state index in [1.807, 2.05) is 0 Å². The molecule has 56 valence electrons. The first-order valence-corrected chi connectivity index (χ1v) is 7.39. The molecule has 0 N–H and O–H groups in total.